The molecule has 2 saturated carbocycles. The number of benzene rings is 2. The fraction of sp³-hybridized carbons (Fsp3) is 0.452. The van der Waals surface area contributed by atoms with Crippen LogP contribution < -0.4 is 10.1 Å². The number of rotatable bonds is 5. The Morgan fingerprint density at radius 2 is 2.00 bits per heavy atom. The van der Waals surface area contributed by atoms with Crippen LogP contribution in [0.4, 0.5) is 0 Å². The van der Waals surface area contributed by atoms with E-state index in [1.807, 2.05) is 36.4 Å². The first-order valence-corrected chi connectivity index (χ1v) is 13.7. The first kappa shape index (κ1) is 21.9. The number of carbonyl (C=O) groups is 1. The molecule has 1 saturated heterocycles. The molecule has 0 radical (unpaired) electrons. The van der Waals surface area contributed by atoms with Gasteiger partial charge in [0.1, 0.15) is 11.7 Å². The van der Waals surface area contributed by atoms with Crippen LogP contribution in [-0.4, -0.2) is 57.9 Å². The molecule has 2 aliphatic heterocycles. The predicted molar refractivity (Wildman–Crippen MR) is 139 cm³/mol. The van der Waals surface area contributed by atoms with Crippen molar-refractivity contribution in [3.8, 4) is 11.5 Å². The van der Waals surface area contributed by atoms with Crippen molar-refractivity contribution in [2.75, 3.05) is 13.1 Å². The largest absolute Gasteiger partial charge is 0.504 e. The summed E-state index contributed by atoms with van der Waals surface area (Å²) in [4.78, 5) is 15.8. The molecule has 9 rings (SSSR count). The summed E-state index contributed by atoms with van der Waals surface area (Å²) in [5.41, 5.74) is 1.26. The summed E-state index contributed by atoms with van der Waals surface area (Å²) in [6, 6.07) is 13.3. The van der Waals surface area contributed by atoms with E-state index in [1.165, 1.54) is 18.4 Å². The van der Waals surface area contributed by atoms with Crippen LogP contribution in [0.15, 0.2) is 60.7 Å². The van der Waals surface area contributed by atoms with Crippen molar-refractivity contribution in [1.82, 2.24) is 10.2 Å². The van der Waals surface area contributed by atoms with E-state index in [0.29, 0.717) is 12.2 Å². The van der Waals surface area contributed by atoms with Crippen molar-refractivity contribution in [2.24, 2.45) is 11.3 Å². The maximum atomic E-state index is 13.1. The Hall–Kier alpha value is -3.09. The number of aromatic hydroxyl groups is 1. The number of nitrogens with one attached hydrogen (secondary N) is 1. The number of phenolic OH excluding ortho intramolecular Hbond substituents is 1. The van der Waals surface area contributed by atoms with Gasteiger partial charge in [-0.05, 0) is 67.8 Å². The molecule has 2 heterocycles. The summed E-state index contributed by atoms with van der Waals surface area (Å²) < 4.78 is 6.57. The van der Waals surface area contributed by atoms with Crippen LogP contribution in [-0.2, 0) is 16.6 Å². The van der Waals surface area contributed by atoms with E-state index in [4.69, 9.17) is 4.74 Å². The lowest BCUT2D eigenvalue weighted by atomic mass is 9.38. The molecule has 37 heavy (non-hydrogen) atoms. The summed E-state index contributed by atoms with van der Waals surface area (Å²) in [7, 11) is 0. The predicted octanol–water partition coefficient (Wildman–Crippen LogP) is 3.32. The van der Waals surface area contributed by atoms with Gasteiger partial charge in [0, 0.05) is 29.6 Å². The summed E-state index contributed by atoms with van der Waals surface area (Å²) in [5, 5.41) is 26.3. The average molecular weight is 497 g/mol. The van der Waals surface area contributed by atoms with E-state index in [0.717, 1.165) is 43.0 Å². The van der Waals surface area contributed by atoms with Gasteiger partial charge in [0.15, 0.2) is 11.5 Å². The molecule has 1 unspecified atom stereocenters. The third-order valence-corrected chi connectivity index (χ3v) is 10.3. The molecule has 190 valence electrons. The number of carbonyl (C=O) groups excluding carboxylic acids is 1. The lowest BCUT2D eigenvalue weighted by Gasteiger charge is -2.70. The molecule has 3 fully saturated rings. The molecule has 5 aliphatic carbocycles. The number of phenols is 1. The first-order chi connectivity index (χ1) is 17.9. The number of fused-ring (bicyclic) bond motifs is 1. The highest BCUT2D eigenvalue weighted by atomic mass is 16.5. The number of nitrogens with zero attached hydrogens (tertiary/aromatic N) is 1. The highest BCUT2D eigenvalue weighted by Gasteiger charge is 2.79. The van der Waals surface area contributed by atoms with E-state index in [9.17, 15) is 15.0 Å². The summed E-state index contributed by atoms with van der Waals surface area (Å²) >= 11 is 0. The van der Waals surface area contributed by atoms with Crippen molar-refractivity contribution in [3.05, 3.63) is 77.4 Å². The van der Waals surface area contributed by atoms with E-state index >= 15 is 0 Å². The number of hydrogen-bond donors (Lipinski definition) is 3. The lowest BCUT2D eigenvalue weighted by Crippen LogP contribution is -2.81. The maximum absolute atomic E-state index is 13.1. The molecule has 6 heteroatoms. The van der Waals surface area contributed by atoms with Gasteiger partial charge in [0.05, 0.1) is 11.5 Å². The molecule has 3 N–H and O–H groups in total. The molecule has 7 aliphatic rings. The van der Waals surface area contributed by atoms with Gasteiger partial charge in [0.2, 0.25) is 5.91 Å². The van der Waals surface area contributed by atoms with Crippen LogP contribution in [0.2, 0.25) is 0 Å². The zero-order valence-electron chi connectivity index (χ0n) is 20.8. The van der Waals surface area contributed by atoms with Crippen molar-refractivity contribution < 1.29 is 19.7 Å². The van der Waals surface area contributed by atoms with Gasteiger partial charge in [-0.3, -0.25) is 9.69 Å². The molecule has 2 aromatic carbocycles. The van der Waals surface area contributed by atoms with E-state index in [1.54, 1.807) is 18.2 Å². The Morgan fingerprint density at radius 1 is 1.16 bits per heavy atom. The van der Waals surface area contributed by atoms with Gasteiger partial charge >= 0.3 is 0 Å². The van der Waals surface area contributed by atoms with Crippen LogP contribution in [0.25, 0.3) is 6.08 Å². The Morgan fingerprint density at radius 3 is 2.81 bits per heavy atom. The summed E-state index contributed by atoms with van der Waals surface area (Å²) in [6.07, 6.45) is 12.0. The van der Waals surface area contributed by atoms with Gasteiger partial charge in [-0.2, -0.15) is 0 Å². The van der Waals surface area contributed by atoms with Crippen molar-refractivity contribution in [2.45, 2.75) is 61.3 Å². The Labute approximate surface area is 216 Å². The van der Waals surface area contributed by atoms with Crippen LogP contribution in [0, 0.1) is 11.3 Å². The van der Waals surface area contributed by atoms with Gasteiger partial charge in [-0.1, -0.05) is 48.6 Å². The molecule has 6 nitrogen and oxygen atoms in total. The number of ether oxygens (including phenoxy) is 1. The highest BCUT2D eigenvalue weighted by Crippen LogP contribution is 2.73. The smallest absolute Gasteiger partial charge is 0.244 e. The fourth-order valence-corrected chi connectivity index (χ4v) is 8.60. The minimum absolute atomic E-state index is 0.144. The number of aliphatic hydroxyl groups is 1. The maximum Gasteiger partial charge on any atom is 0.244 e. The normalized spacial score (nSPS) is 38.5. The second kappa shape index (κ2) is 7.27. The van der Waals surface area contributed by atoms with Crippen LogP contribution in [0.3, 0.4) is 0 Å². The van der Waals surface area contributed by atoms with E-state index in [-0.39, 0.29) is 23.1 Å². The van der Waals surface area contributed by atoms with Crippen LogP contribution >= 0.6 is 0 Å². The summed E-state index contributed by atoms with van der Waals surface area (Å²) in [6.45, 7) is 2.08. The van der Waals surface area contributed by atoms with E-state index in [2.05, 4.69) is 22.4 Å². The zero-order valence-corrected chi connectivity index (χ0v) is 20.8. The van der Waals surface area contributed by atoms with Crippen molar-refractivity contribution in [3.63, 3.8) is 0 Å². The topological polar surface area (TPSA) is 82.0 Å². The molecule has 6 atom stereocenters. The summed E-state index contributed by atoms with van der Waals surface area (Å²) in [5.74, 6) is 1.25. The van der Waals surface area contributed by atoms with Gasteiger partial charge in [-0.15, -0.1) is 0 Å². The zero-order chi connectivity index (χ0) is 25.0. The number of piperidine rings is 1. The lowest BCUT2D eigenvalue weighted by molar-refractivity contribution is -0.193. The number of hydrogen-bond acceptors (Lipinski definition) is 5. The van der Waals surface area contributed by atoms with Crippen LogP contribution in [0.5, 0.6) is 11.5 Å². The van der Waals surface area contributed by atoms with Crippen LogP contribution in [0.1, 0.15) is 42.4 Å². The average Bonchev–Trinajstić information content (AvgIpc) is 3.64. The highest BCUT2D eigenvalue weighted by molar-refractivity contribution is 5.92. The minimum atomic E-state index is -1.36. The van der Waals surface area contributed by atoms with Crippen molar-refractivity contribution >= 4 is 12.0 Å². The minimum Gasteiger partial charge on any atom is -0.504 e. The molecular weight excluding hydrogens is 464 g/mol. The van der Waals surface area contributed by atoms with E-state index < -0.39 is 23.2 Å². The molecule has 2 spiro atoms. The quantitative estimate of drug-likeness (QED) is 0.437. The molecule has 4 bridgehead atoms. The van der Waals surface area contributed by atoms with Gasteiger partial charge < -0.3 is 20.3 Å². The Kier molecular flexibility index (Phi) is 4.31. The third-order valence-electron chi connectivity index (χ3n) is 10.3. The monoisotopic (exact) mass is 496 g/mol. The Balaban J connectivity index is 1.21. The Bertz CT molecular complexity index is 1370. The molecular formula is C31H32N2O4. The van der Waals surface area contributed by atoms with Crippen molar-refractivity contribution in [1.29, 1.82) is 0 Å². The number of amides is 1. The van der Waals surface area contributed by atoms with Gasteiger partial charge in [-0.25, -0.2) is 0 Å². The third kappa shape index (κ3) is 2.75. The SMILES string of the molecule is O=C(/C=C/c1ccccc1)N[C@H]1C[C@@]23C=CC1(O)[C@@H]1Oc4c(O)ccc5c4[C@@]12CCN(CC1CC1)[C@@H]3C5. The number of likely N-dealkylation sites (tertiary alicyclic amines) is 1. The molecule has 0 aromatic heterocycles. The first-order valence-electron chi connectivity index (χ1n) is 13.7. The van der Waals surface area contributed by atoms with Gasteiger partial charge in [0.25, 0.3) is 0 Å². The second-order valence-electron chi connectivity index (χ2n) is 12.1. The standard InChI is InChI=1S/C31H32N2O4/c34-22-10-9-21-16-24-29-12-13-31(36,23(17-29)32-25(35)11-8-19-4-2-1-3-5-19)28-30(29,26(21)27(22)37-28)14-15-33(24)18-20-6-7-20/h1-5,8-13,20,23-24,28,34,36H,6-7,14-18H2,(H,32,35)/b11-8+/t23-,24+,28+,29+,30-,31?/m0/s1. The molecule has 2 aromatic rings. The molecule has 1 amide bonds. The second-order valence-corrected chi connectivity index (χ2v) is 12.1. The fourth-order valence-electron chi connectivity index (χ4n) is 8.60.